The molecular formula is C24H20F2N2O4S. The minimum Gasteiger partial charge on any atom is -0.463 e. The van der Waals surface area contributed by atoms with Crippen LogP contribution in [0.4, 0.5) is 8.78 Å². The van der Waals surface area contributed by atoms with E-state index in [0.29, 0.717) is 16.1 Å². The quantitative estimate of drug-likeness (QED) is 0.518. The molecule has 170 valence electrons. The van der Waals surface area contributed by atoms with Crippen molar-refractivity contribution in [3.8, 4) is 5.75 Å². The van der Waals surface area contributed by atoms with Gasteiger partial charge < -0.3 is 9.47 Å². The number of rotatable bonds is 6. The van der Waals surface area contributed by atoms with E-state index in [1.54, 1.807) is 32.0 Å². The van der Waals surface area contributed by atoms with E-state index in [1.807, 2.05) is 30.3 Å². The van der Waals surface area contributed by atoms with Crippen LogP contribution in [0, 0.1) is 0 Å². The maximum Gasteiger partial charge on any atom is 0.387 e. The van der Waals surface area contributed by atoms with E-state index in [9.17, 15) is 18.4 Å². The monoisotopic (exact) mass is 470 g/mol. The Labute approximate surface area is 191 Å². The number of thiazole rings is 1. The summed E-state index contributed by atoms with van der Waals surface area (Å²) in [4.78, 5) is 31.2. The molecule has 9 heteroatoms. The van der Waals surface area contributed by atoms with E-state index < -0.39 is 24.2 Å². The summed E-state index contributed by atoms with van der Waals surface area (Å²) in [5, 5.41) is 0. The Morgan fingerprint density at radius 2 is 1.88 bits per heavy atom. The highest BCUT2D eigenvalue weighted by atomic mass is 32.1. The second-order valence-electron chi connectivity index (χ2n) is 7.13. The van der Waals surface area contributed by atoms with Gasteiger partial charge in [-0.2, -0.15) is 8.78 Å². The molecule has 0 saturated carbocycles. The van der Waals surface area contributed by atoms with Gasteiger partial charge in [-0.05, 0) is 31.6 Å². The van der Waals surface area contributed by atoms with Crippen molar-refractivity contribution in [2.24, 2.45) is 4.99 Å². The third-order valence-corrected chi connectivity index (χ3v) is 6.04. The van der Waals surface area contributed by atoms with Gasteiger partial charge in [-0.15, -0.1) is 0 Å². The number of allylic oxidation sites excluding steroid dienone is 1. The zero-order valence-electron chi connectivity index (χ0n) is 17.8. The van der Waals surface area contributed by atoms with Gasteiger partial charge in [0.25, 0.3) is 5.56 Å². The van der Waals surface area contributed by atoms with Gasteiger partial charge in [0, 0.05) is 5.56 Å². The van der Waals surface area contributed by atoms with Crippen molar-refractivity contribution in [2.75, 3.05) is 6.61 Å². The number of carbonyl (C=O) groups is 1. The van der Waals surface area contributed by atoms with E-state index in [2.05, 4.69) is 9.73 Å². The van der Waals surface area contributed by atoms with Crippen molar-refractivity contribution < 1.29 is 23.0 Å². The molecule has 0 spiro atoms. The Morgan fingerprint density at radius 1 is 1.18 bits per heavy atom. The van der Waals surface area contributed by atoms with Crippen molar-refractivity contribution in [3.05, 3.63) is 96.7 Å². The van der Waals surface area contributed by atoms with Gasteiger partial charge in [0.1, 0.15) is 5.75 Å². The van der Waals surface area contributed by atoms with E-state index in [1.165, 1.54) is 16.7 Å². The van der Waals surface area contributed by atoms with Crippen LogP contribution in [0.3, 0.4) is 0 Å². The number of ether oxygens (including phenoxy) is 2. The molecule has 0 N–H and O–H groups in total. The zero-order chi connectivity index (χ0) is 23.5. The highest BCUT2D eigenvalue weighted by Crippen LogP contribution is 2.30. The van der Waals surface area contributed by atoms with Gasteiger partial charge in [-0.3, -0.25) is 9.36 Å². The lowest BCUT2D eigenvalue weighted by molar-refractivity contribution is -0.139. The first kappa shape index (κ1) is 22.6. The summed E-state index contributed by atoms with van der Waals surface area (Å²) in [5.74, 6) is -0.584. The number of alkyl halides is 2. The molecular weight excluding hydrogens is 450 g/mol. The molecule has 3 aromatic rings. The normalized spacial score (nSPS) is 15.9. The summed E-state index contributed by atoms with van der Waals surface area (Å²) in [5.41, 5.74) is 1.40. The number of fused-ring (bicyclic) bond motifs is 1. The molecule has 1 unspecified atom stereocenters. The van der Waals surface area contributed by atoms with Crippen LogP contribution in [0.25, 0.3) is 6.08 Å². The predicted molar refractivity (Wildman–Crippen MR) is 120 cm³/mol. The fourth-order valence-electron chi connectivity index (χ4n) is 3.69. The number of esters is 1. The molecule has 0 amide bonds. The van der Waals surface area contributed by atoms with E-state index in [0.717, 1.165) is 16.9 Å². The largest absolute Gasteiger partial charge is 0.463 e. The van der Waals surface area contributed by atoms with Crippen LogP contribution in [0.5, 0.6) is 5.75 Å². The lowest BCUT2D eigenvalue weighted by Crippen LogP contribution is -2.39. The minimum atomic E-state index is -2.99. The van der Waals surface area contributed by atoms with Gasteiger partial charge in [0.05, 0.1) is 28.5 Å². The molecule has 0 bridgehead atoms. The average molecular weight is 470 g/mol. The molecule has 0 radical (unpaired) electrons. The Hall–Kier alpha value is -3.59. The number of nitrogens with zero attached hydrogens (tertiary/aromatic N) is 2. The SMILES string of the molecule is CCOC(=O)C1=C(C)N=c2sc(=Cc3ccccc3OC(F)F)c(=O)n2C1c1ccccc1. The molecule has 2 heterocycles. The minimum absolute atomic E-state index is 0.0404. The zero-order valence-corrected chi connectivity index (χ0v) is 18.6. The Bertz CT molecular complexity index is 1390. The number of aromatic nitrogens is 1. The first-order valence-corrected chi connectivity index (χ1v) is 11.0. The third kappa shape index (κ3) is 4.49. The van der Waals surface area contributed by atoms with Crippen LogP contribution in [0.15, 0.2) is 75.7 Å². The number of carbonyl (C=O) groups excluding carboxylic acids is 1. The standard InChI is InChI=1S/C24H20F2N2O4S/c1-3-31-22(30)19-14(2)27-24-28(20(19)15-9-5-4-6-10-15)21(29)18(33-24)13-16-11-7-8-12-17(16)32-23(25)26/h4-13,20,23H,3H2,1-2H3. The summed E-state index contributed by atoms with van der Waals surface area (Å²) >= 11 is 1.11. The first-order chi connectivity index (χ1) is 15.9. The van der Waals surface area contributed by atoms with Crippen molar-refractivity contribution in [2.45, 2.75) is 26.5 Å². The topological polar surface area (TPSA) is 69.9 Å². The molecule has 4 rings (SSSR count). The van der Waals surface area contributed by atoms with Crippen LogP contribution >= 0.6 is 11.3 Å². The molecule has 1 aliphatic rings. The fraction of sp³-hybridized carbons (Fsp3) is 0.208. The van der Waals surface area contributed by atoms with Gasteiger partial charge in [-0.1, -0.05) is 59.9 Å². The Balaban J connectivity index is 1.93. The second kappa shape index (κ2) is 9.50. The van der Waals surface area contributed by atoms with E-state index in [4.69, 9.17) is 4.74 Å². The molecule has 1 atom stereocenters. The highest BCUT2D eigenvalue weighted by molar-refractivity contribution is 7.07. The lowest BCUT2D eigenvalue weighted by Gasteiger charge is -2.24. The maximum atomic E-state index is 13.5. The maximum absolute atomic E-state index is 13.5. The van der Waals surface area contributed by atoms with Crippen LogP contribution < -0.4 is 19.6 Å². The number of hydrogen-bond donors (Lipinski definition) is 0. The van der Waals surface area contributed by atoms with Crippen molar-refractivity contribution in [1.82, 2.24) is 4.57 Å². The first-order valence-electron chi connectivity index (χ1n) is 10.2. The molecule has 0 fully saturated rings. The van der Waals surface area contributed by atoms with Gasteiger partial charge in [-0.25, -0.2) is 9.79 Å². The van der Waals surface area contributed by atoms with Gasteiger partial charge in [0.15, 0.2) is 4.80 Å². The number of hydrogen-bond acceptors (Lipinski definition) is 6. The number of benzene rings is 2. The van der Waals surface area contributed by atoms with E-state index >= 15 is 0 Å². The molecule has 2 aromatic carbocycles. The highest BCUT2D eigenvalue weighted by Gasteiger charge is 2.33. The van der Waals surface area contributed by atoms with Crippen molar-refractivity contribution in [3.63, 3.8) is 0 Å². The number of halogens is 2. The smallest absolute Gasteiger partial charge is 0.387 e. The van der Waals surface area contributed by atoms with E-state index in [-0.39, 0.29) is 22.5 Å². The molecule has 6 nitrogen and oxygen atoms in total. The molecule has 33 heavy (non-hydrogen) atoms. The molecule has 0 aliphatic carbocycles. The third-order valence-electron chi connectivity index (χ3n) is 5.05. The summed E-state index contributed by atoms with van der Waals surface area (Å²) in [6.07, 6.45) is 1.49. The molecule has 1 aromatic heterocycles. The fourth-order valence-corrected chi connectivity index (χ4v) is 4.72. The molecule has 1 aliphatic heterocycles. The second-order valence-corrected chi connectivity index (χ2v) is 8.14. The average Bonchev–Trinajstić information content (AvgIpc) is 3.09. The van der Waals surface area contributed by atoms with Crippen molar-refractivity contribution >= 4 is 23.4 Å². The van der Waals surface area contributed by atoms with Crippen LogP contribution in [-0.4, -0.2) is 23.8 Å². The van der Waals surface area contributed by atoms with Crippen LogP contribution in [-0.2, 0) is 9.53 Å². The van der Waals surface area contributed by atoms with Crippen LogP contribution in [0.1, 0.15) is 31.0 Å². The predicted octanol–water partition coefficient (Wildman–Crippen LogP) is 3.40. The Morgan fingerprint density at radius 3 is 2.58 bits per heavy atom. The Kier molecular flexibility index (Phi) is 6.50. The summed E-state index contributed by atoms with van der Waals surface area (Å²) < 4.78 is 37.2. The summed E-state index contributed by atoms with van der Waals surface area (Å²) in [6.45, 7) is 0.598. The van der Waals surface area contributed by atoms with Gasteiger partial charge >= 0.3 is 12.6 Å². The summed E-state index contributed by atoms with van der Waals surface area (Å²) in [7, 11) is 0. The number of para-hydroxylation sites is 1. The molecule has 0 saturated heterocycles. The lowest BCUT2D eigenvalue weighted by atomic mass is 9.96. The van der Waals surface area contributed by atoms with Crippen LogP contribution in [0.2, 0.25) is 0 Å². The van der Waals surface area contributed by atoms with Crippen molar-refractivity contribution in [1.29, 1.82) is 0 Å². The summed E-state index contributed by atoms with van der Waals surface area (Å²) in [6, 6.07) is 14.6. The van der Waals surface area contributed by atoms with Gasteiger partial charge in [0.2, 0.25) is 0 Å².